The lowest BCUT2D eigenvalue weighted by Crippen LogP contribution is -2.26. The highest BCUT2D eigenvalue weighted by molar-refractivity contribution is 7.50. The molecule has 1 N–H and O–H groups in total. The minimum Gasteiger partial charge on any atom is -0.388 e. The van der Waals surface area contributed by atoms with Crippen molar-refractivity contribution in [2.75, 3.05) is 13.2 Å². The third-order valence-corrected chi connectivity index (χ3v) is 4.83. The summed E-state index contributed by atoms with van der Waals surface area (Å²) in [4.78, 5) is 0. The van der Waals surface area contributed by atoms with Gasteiger partial charge in [0, 0.05) is 18.1 Å². The molecule has 3 nitrogen and oxygen atoms in total. The summed E-state index contributed by atoms with van der Waals surface area (Å²) in [5.74, 6) is 2.09. The summed E-state index contributed by atoms with van der Waals surface area (Å²) in [6.45, 7) is 5.98. The zero-order valence-electron chi connectivity index (χ0n) is 13.3. The minimum atomic E-state index is -0.854. The van der Waals surface area contributed by atoms with Gasteiger partial charge in [0.2, 0.25) is 0 Å². The van der Waals surface area contributed by atoms with Gasteiger partial charge in [-0.15, -0.1) is 0 Å². The van der Waals surface area contributed by atoms with Crippen molar-refractivity contribution in [1.82, 2.24) is 5.32 Å². The summed E-state index contributed by atoms with van der Waals surface area (Å²) >= 11 is 0. The summed E-state index contributed by atoms with van der Waals surface area (Å²) in [5.41, 5.74) is 0. The Morgan fingerprint density at radius 1 is 1.00 bits per heavy atom. The molecule has 0 aromatic heterocycles. The van der Waals surface area contributed by atoms with Crippen LogP contribution in [0.2, 0.25) is 0 Å². The lowest BCUT2D eigenvalue weighted by Gasteiger charge is -2.22. The van der Waals surface area contributed by atoms with Crippen molar-refractivity contribution in [3.63, 3.8) is 0 Å². The zero-order chi connectivity index (χ0) is 14.5. The van der Waals surface area contributed by atoms with Crippen LogP contribution in [0.4, 0.5) is 0 Å². The third kappa shape index (κ3) is 8.94. The van der Waals surface area contributed by atoms with Crippen LogP contribution in [0, 0.1) is 0 Å². The second-order valence-electron chi connectivity index (χ2n) is 5.48. The summed E-state index contributed by atoms with van der Waals surface area (Å²) in [5, 5.41) is 3.51. The van der Waals surface area contributed by atoms with Crippen LogP contribution in [0.15, 0.2) is 12.0 Å². The Morgan fingerprint density at radius 2 is 1.60 bits per heavy atom. The molecule has 0 radical (unpaired) electrons. The normalized spacial score (nSPS) is 17.1. The lowest BCUT2D eigenvalue weighted by molar-refractivity contribution is 0.249. The van der Waals surface area contributed by atoms with E-state index in [1.807, 2.05) is 0 Å². The van der Waals surface area contributed by atoms with Gasteiger partial charge in [0.1, 0.15) is 0 Å². The quantitative estimate of drug-likeness (QED) is 0.413. The van der Waals surface area contributed by atoms with Crippen LogP contribution >= 0.6 is 8.38 Å². The summed E-state index contributed by atoms with van der Waals surface area (Å²) < 4.78 is 11.7. The van der Waals surface area contributed by atoms with Gasteiger partial charge in [-0.2, -0.15) is 0 Å². The highest BCUT2D eigenvalue weighted by Gasteiger charge is 2.11. The topological polar surface area (TPSA) is 30.5 Å². The number of hydrogen-bond acceptors (Lipinski definition) is 3. The molecule has 118 valence electrons. The molecule has 0 heterocycles. The van der Waals surface area contributed by atoms with E-state index in [-0.39, 0.29) is 0 Å². The largest absolute Gasteiger partial charge is 0.388 e. The molecular weight excluding hydrogens is 269 g/mol. The maximum absolute atomic E-state index is 5.83. The molecule has 1 rings (SSSR count). The van der Waals surface area contributed by atoms with Gasteiger partial charge in [-0.05, 0) is 25.7 Å². The summed E-state index contributed by atoms with van der Waals surface area (Å²) in [7, 11) is -0.854. The molecule has 0 bridgehead atoms. The van der Waals surface area contributed by atoms with Crippen LogP contribution in [-0.2, 0) is 9.05 Å². The van der Waals surface area contributed by atoms with E-state index >= 15 is 0 Å². The molecule has 4 heteroatoms. The van der Waals surface area contributed by atoms with Crippen LogP contribution in [0.5, 0.6) is 0 Å². The van der Waals surface area contributed by atoms with Crippen molar-refractivity contribution in [1.29, 1.82) is 0 Å². The molecule has 20 heavy (non-hydrogen) atoms. The van der Waals surface area contributed by atoms with Crippen LogP contribution in [0.1, 0.15) is 71.6 Å². The number of nitrogens with one attached hydrogen (secondary N) is 1. The zero-order valence-corrected chi connectivity index (χ0v) is 14.2. The summed E-state index contributed by atoms with van der Waals surface area (Å²) in [6, 6.07) is 0.656. The minimum absolute atomic E-state index is 0.656. The molecule has 0 saturated heterocycles. The molecule has 0 aromatic carbocycles. The average molecular weight is 301 g/mol. The van der Waals surface area contributed by atoms with Gasteiger partial charge < -0.3 is 14.4 Å². The van der Waals surface area contributed by atoms with Gasteiger partial charge in [-0.3, -0.25) is 0 Å². The molecule has 0 atom stereocenters. The smallest absolute Gasteiger partial charge is 0.198 e. The fourth-order valence-electron chi connectivity index (χ4n) is 2.23. The fourth-order valence-corrected chi connectivity index (χ4v) is 3.30. The van der Waals surface area contributed by atoms with Gasteiger partial charge in [-0.1, -0.05) is 46.0 Å². The van der Waals surface area contributed by atoms with E-state index in [9.17, 15) is 0 Å². The van der Waals surface area contributed by atoms with E-state index in [2.05, 4.69) is 31.2 Å². The standard InChI is InChI=1S/C16H32NO2P/c1-3-5-13-18-20(19-14-6-4-2)15-12-17-16-10-8-7-9-11-16/h12,15-17H,3-11,13-14H2,1-2H3/b15-12+. The van der Waals surface area contributed by atoms with Crippen molar-refractivity contribution in [3.05, 3.63) is 12.0 Å². The predicted octanol–water partition coefficient (Wildman–Crippen LogP) is 5.33. The fraction of sp³-hybridized carbons (Fsp3) is 0.875. The number of hydrogen-bond donors (Lipinski definition) is 1. The SMILES string of the molecule is CCCCOP(/C=C/NC1CCCCC1)OCCCC. The van der Waals surface area contributed by atoms with Crippen LogP contribution in [0.25, 0.3) is 0 Å². The van der Waals surface area contributed by atoms with Gasteiger partial charge >= 0.3 is 0 Å². The Kier molecular flexibility index (Phi) is 11.3. The first-order chi connectivity index (χ1) is 9.86. The Bertz CT molecular complexity index is 233. The molecule has 0 amide bonds. The van der Waals surface area contributed by atoms with E-state index in [1.54, 1.807) is 0 Å². The predicted molar refractivity (Wildman–Crippen MR) is 87.8 cm³/mol. The monoisotopic (exact) mass is 301 g/mol. The molecule has 0 aromatic rings. The highest BCUT2D eigenvalue weighted by Crippen LogP contribution is 2.40. The molecular formula is C16H32NO2P. The van der Waals surface area contributed by atoms with E-state index in [0.29, 0.717) is 6.04 Å². The molecule has 0 aliphatic heterocycles. The molecule has 1 fully saturated rings. The van der Waals surface area contributed by atoms with Gasteiger partial charge in [0.25, 0.3) is 0 Å². The highest BCUT2D eigenvalue weighted by atomic mass is 31.2. The van der Waals surface area contributed by atoms with Crippen LogP contribution < -0.4 is 5.32 Å². The first kappa shape index (κ1) is 17.9. The van der Waals surface area contributed by atoms with Gasteiger partial charge in [-0.25, -0.2) is 0 Å². The number of unbranched alkanes of at least 4 members (excludes halogenated alkanes) is 2. The third-order valence-electron chi connectivity index (χ3n) is 3.57. The molecule has 1 aliphatic carbocycles. The first-order valence-electron chi connectivity index (χ1n) is 8.34. The molecule has 1 aliphatic rings. The average Bonchev–Trinajstić information content (AvgIpc) is 2.48. The summed E-state index contributed by atoms with van der Waals surface area (Å²) in [6.07, 6.45) is 13.4. The van der Waals surface area contributed by atoms with Gasteiger partial charge in [0.05, 0.1) is 13.2 Å². The van der Waals surface area contributed by atoms with Crippen molar-refractivity contribution >= 4 is 8.38 Å². The molecule has 0 unspecified atom stereocenters. The Morgan fingerprint density at radius 3 is 2.15 bits per heavy atom. The Hall–Kier alpha value is -0.110. The maximum atomic E-state index is 5.83. The number of rotatable bonds is 11. The first-order valence-corrected chi connectivity index (χ1v) is 9.59. The Balaban J connectivity index is 2.24. The van der Waals surface area contributed by atoms with Crippen molar-refractivity contribution in [2.24, 2.45) is 0 Å². The van der Waals surface area contributed by atoms with Crippen LogP contribution in [-0.4, -0.2) is 19.3 Å². The van der Waals surface area contributed by atoms with E-state index in [0.717, 1.165) is 26.1 Å². The Labute approximate surface area is 126 Å². The molecule has 0 spiro atoms. The van der Waals surface area contributed by atoms with Crippen molar-refractivity contribution in [2.45, 2.75) is 77.7 Å². The van der Waals surface area contributed by atoms with Crippen molar-refractivity contribution < 1.29 is 9.05 Å². The van der Waals surface area contributed by atoms with Gasteiger partial charge in [0.15, 0.2) is 8.38 Å². The maximum Gasteiger partial charge on any atom is 0.198 e. The van der Waals surface area contributed by atoms with E-state index in [4.69, 9.17) is 9.05 Å². The van der Waals surface area contributed by atoms with Crippen LogP contribution in [0.3, 0.4) is 0 Å². The second kappa shape index (κ2) is 12.6. The van der Waals surface area contributed by atoms with E-state index < -0.39 is 8.38 Å². The van der Waals surface area contributed by atoms with Crippen molar-refractivity contribution in [3.8, 4) is 0 Å². The molecule has 1 saturated carbocycles. The van der Waals surface area contributed by atoms with E-state index in [1.165, 1.54) is 44.9 Å². The second-order valence-corrected chi connectivity index (χ2v) is 6.86. The lowest BCUT2D eigenvalue weighted by atomic mass is 9.96.